The minimum atomic E-state index is -3.69. The van der Waals surface area contributed by atoms with Crippen LogP contribution in [0.15, 0.2) is 59.5 Å². The molecule has 0 aliphatic heterocycles. The molecule has 1 atom stereocenters. The van der Waals surface area contributed by atoms with Crippen molar-refractivity contribution >= 4 is 15.7 Å². The smallest absolute Gasteiger partial charge is 0.225 e. The number of methoxy groups -OCH3 is 1. The van der Waals surface area contributed by atoms with Gasteiger partial charge >= 0.3 is 0 Å². The molecule has 0 aliphatic rings. The van der Waals surface area contributed by atoms with Crippen molar-refractivity contribution in [3.05, 3.63) is 60.2 Å². The van der Waals surface area contributed by atoms with Gasteiger partial charge in [-0.15, -0.1) is 0 Å². The van der Waals surface area contributed by atoms with Crippen LogP contribution in [0.25, 0.3) is 0 Å². The van der Waals surface area contributed by atoms with E-state index in [4.69, 9.17) is 4.74 Å². The molecule has 1 unspecified atom stereocenters. The third-order valence-corrected chi connectivity index (χ3v) is 6.18. The Labute approximate surface area is 155 Å². The number of amides is 1. The number of hydrogen-bond donors (Lipinski definition) is 1. The predicted molar refractivity (Wildman–Crippen MR) is 102 cm³/mol. The quantitative estimate of drug-likeness (QED) is 0.840. The second-order valence-corrected chi connectivity index (χ2v) is 9.21. The predicted octanol–water partition coefficient (Wildman–Crippen LogP) is 3.37. The SMILES string of the molecule is COc1ccc(S(=O)(=O)C(CNC(=O)C(C)(C)C)c2ccccc2)cc1. The van der Waals surface area contributed by atoms with Gasteiger partial charge in [0, 0.05) is 12.0 Å². The summed E-state index contributed by atoms with van der Waals surface area (Å²) in [6, 6.07) is 15.2. The molecular formula is C20H25NO4S. The lowest BCUT2D eigenvalue weighted by Gasteiger charge is -2.22. The van der Waals surface area contributed by atoms with E-state index in [1.54, 1.807) is 57.2 Å². The average molecular weight is 375 g/mol. The van der Waals surface area contributed by atoms with Crippen molar-refractivity contribution in [3.63, 3.8) is 0 Å². The third kappa shape index (κ3) is 4.64. The van der Waals surface area contributed by atoms with E-state index in [2.05, 4.69) is 5.32 Å². The molecule has 0 heterocycles. The van der Waals surface area contributed by atoms with E-state index in [0.717, 1.165) is 0 Å². The zero-order chi connectivity index (χ0) is 19.4. The Morgan fingerprint density at radius 2 is 1.62 bits per heavy atom. The van der Waals surface area contributed by atoms with Crippen LogP contribution in [0, 0.1) is 5.41 Å². The van der Waals surface area contributed by atoms with Gasteiger partial charge in [0.05, 0.1) is 12.0 Å². The Morgan fingerprint density at radius 3 is 2.12 bits per heavy atom. The highest BCUT2D eigenvalue weighted by Crippen LogP contribution is 2.30. The Balaban J connectivity index is 2.37. The lowest BCUT2D eigenvalue weighted by Crippen LogP contribution is -2.38. The molecule has 26 heavy (non-hydrogen) atoms. The van der Waals surface area contributed by atoms with E-state index in [1.165, 1.54) is 19.2 Å². The summed E-state index contributed by atoms with van der Waals surface area (Å²) in [7, 11) is -2.16. The first-order valence-corrected chi connectivity index (χ1v) is 9.92. The normalized spacial score (nSPS) is 13.1. The number of ether oxygens (including phenoxy) is 1. The second kappa shape index (κ2) is 7.91. The average Bonchev–Trinajstić information content (AvgIpc) is 2.61. The second-order valence-electron chi connectivity index (χ2n) is 7.08. The van der Waals surface area contributed by atoms with Crippen LogP contribution in [0.3, 0.4) is 0 Å². The summed E-state index contributed by atoms with van der Waals surface area (Å²) < 4.78 is 31.5. The standard InChI is InChI=1S/C20H25NO4S/c1-20(2,3)19(22)21-14-18(15-8-6-5-7-9-15)26(23,24)17-12-10-16(25-4)11-13-17/h5-13,18H,14H2,1-4H3,(H,21,22). The maximum Gasteiger partial charge on any atom is 0.225 e. The molecule has 0 radical (unpaired) electrons. The summed E-state index contributed by atoms with van der Waals surface area (Å²) in [5.41, 5.74) is 0.0444. The monoisotopic (exact) mass is 375 g/mol. The summed E-state index contributed by atoms with van der Waals surface area (Å²) in [5.74, 6) is 0.393. The van der Waals surface area contributed by atoms with Gasteiger partial charge in [-0.05, 0) is 29.8 Å². The van der Waals surface area contributed by atoms with E-state index < -0.39 is 20.5 Å². The molecule has 2 aromatic rings. The lowest BCUT2D eigenvalue weighted by molar-refractivity contribution is -0.128. The van der Waals surface area contributed by atoms with Crippen LogP contribution in [-0.4, -0.2) is 28.0 Å². The van der Waals surface area contributed by atoms with Gasteiger partial charge in [0.1, 0.15) is 11.0 Å². The van der Waals surface area contributed by atoms with Gasteiger partial charge in [0.2, 0.25) is 5.91 Å². The topological polar surface area (TPSA) is 72.5 Å². The zero-order valence-electron chi connectivity index (χ0n) is 15.5. The Morgan fingerprint density at radius 1 is 1.04 bits per heavy atom. The molecule has 0 spiro atoms. The first-order chi connectivity index (χ1) is 12.2. The highest BCUT2D eigenvalue weighted by molar-refractivity contribution is 7.91. The summed E-state index contributed by atoms with van der Waals surface area (Å²) in [6.45, 7) is 5.38. The summed E-state index contributed by atoms with van der Waals surface area (Å²) in [6.07, 6.45) is 0. The molecule has 2 rings (SSSR count). The fourth-order valence-corrected chi connectivity index (χ4v) is 4.12. The van der Waals surface area contributed by atoms with Crippen molar-refractivity contribution in [2.75, 3.05) is 13.7 Å². The molecule has 0 saturated heterocycles. The van der Waals surface area contributed by atoms with E-state index >= 15 is 0 Å². The van der Waals surface area contributed by atoms with Crippen molar-refractivity contribution < 1.29 is 17.9 Å². The Bertz CT molecular complexity index is 838. The highest BCUT2D eigenvalue weighted by Gasteiger charge is 2.31. The molecule has 2 aromatic carbocycles. The number of benzene rings is 2. The lowest BCUT2D eigenvalue weighted by atomic mass is 9.95. The van der Waals surface area contributed by atoms with E-state index in [0.29, 0.717) is 11.3 Å². The minimum Gasteiger partial charge on any atom is -0.497 e. The first-order valence-electron chi connectivity index (χ1n) is 8.37. The molecule has 0 saturated carbocycles. The van der Waals surface area contributed by atoms with Crippen molar-refractivity contribution in [2.45, 2.75) is 30.9 Å². The van der Waals surface area contributed by atoms with Crippen LogP contribution in [0.2, 0.25) is 0 Å². The minimum absolute atomic E-state index is 0.00841. The van der Waals surface area contributed by atoms with Crippen LogP contribution in [0.5, 0.6) is 5.75 Å². The Kier molecular flexibility index (Phi) is 6.08. The maximum absolute atomic E-state index is 13.2. The molecule has 6 heteroatoms. The summed E-state index contributed by atoms with van der Waals surface area (Å²) in [4.78, 5) is 12.4. The molecule has 1 amide bonds. The molecule has 140 valence electrons. The van der Waals surface area contributed by atoms with E-state index in [1.807, 2.05) is 6.07 Å². The zero-order valence-corrected chi connectivity index (χ0v) is 16.3. The van der Waals surface area contributed by atoms with Crippen LogP contribution in [0.4, 0.5) is 0 Å². The molecular weight excluding hydrogens is 350 g/mol. The number of rotatable bonds is 6. The van der Waals surface area contributed by atoms with Crippen LogP contribution >= 0.6 is 0 Å². The number of carbonyl (C=O) groups excluding carboxylic acids is 1. The van der Waals surface area contributed by atoms with Gasteiger partial charge in [-0.2, -0.15) is 0 Å². The van der Waals surface area contributed by atoms with Gasteiger partial charge in [0.15, 0.2) is 9.84 Å². The first kappa shape index (κ1) is 20.0. The van der Waals surface area contributed by atoms with Gasteiger partial charge in [-0.25, -0.2) is 8.42 Å². The molecule has 0 fully saturated rings. The van der Waals surface area contributed by atoms with Crippen LogP contribution < -0.4 is 10.1 Å². The van der Waals surface area contributed by atoms with Crippen molar-refractivity contribution in [1.29, 1.82) is 0 Å². The largest absolute Gasteiger partial charge is 0.497 e. The van der Waals surface area contributed by atoms with Crippen LogP contribution in [0.1, 0.15) is 31.6 Å². The van der Waals surface area contributed by atoms with Gasteiger partial charge < -0.3 is 10.1 Å². The molecule has 0 aliphatic carbocycles. The molecule has 0 bridgehead atoms. The molecule has 0 aromatic heterocycles. The Hall–Kier alpha value is -2.34. The van der Waals surface area contributed by atoms with Crippen molar-refractivity contribution in [3.8, 4) is 5.75 Å². The molecule has 5 nitrogen and oxygen atoms in total. The number of carbonyl (C=O) groups is 1. The van der Waals surface area contributed by atoms with Crippen LogP contribution in [-0.2, 0) is 14.6 Å². The number of sulfone groups is 1. The summed E-state index contributed by atoms with van der Waals surface area (Å²) >= 11 is 0. The maximum atomic E-state index is 13.2. The van der Waals surface area contributed by atoms with Crippen molar-refractivity contribution in [2.24, 2.45) is 5.41 Å². The number of hydrogen-bond acceptors (Lipinski definition) is 4. The molecule has 1 N–H and O–H groups in total. The summed E-state index contributed by atoms with van der Waals surface area (Å²) in [5, 5.41) is 1.90. The van der Waals surface area contributed by atoms with Gasteiger partial charge in [0.25, 0.3) is 0 Å². The van der Waals surface area contributed by atoms with E-state index in [9.17, 15) is 13.2 Å². The van der Waals surface area contributed by atoms with Crippen molar-refractivity contribution in [1.82, 2.24) is 5.32 Å². The van der Waals surface area contributed by atoms with Gasteiger partial charge in [-0.3, -0.25) is 4.79 Å². The fraction of sp³-hybridized carbons (Fsp3) is 0.350. The fourth-order valence-electron chi connectivity index (χ4n) is 2.45. The number of nitrogens with one attached hydrogen (secondary N) is 1. The van der Waals surface area contributed by atoms with Gasteiger partial charge in [-0.1, -0.05) is 51.1 Å². The third-order valence-electron chi connectivity index (χ3n) is 4.06. The highest BCUT2D eigenvalue weighted by atomic mass is 32.2. The van der Waals surface area contributed by atoms with E-state index in [-0.39, 0.29) is 17.3 Å².